The van der Waals surface area contributed by atoms with Gasteiger partial charge in [-0.2, -0.15) is 0 Å². The number of hydrogen-bond donors (Lipinski definition) is 1. The van der Waals surface area contributed by atoms with Crippen molar-refractivity contribution in [3.05, 3.63) is 48.0 Å². The Bertz CT molecular complexity index is 484. The number of nitrogens with zero attached hydrogens (tertiary/aromatic N) is 1. The smallest absolute Gasteiger partial charge is 0.410 e. The van der Waals surface area contributed by atoms with Crippen LogP contribution in [-0.2, 0) is 11.3 Å². The van der Waals surface area contributed by atoms with Crippen molar-refractivity contribution in [1.29, 1.82) is 0 Å². The average molecular weight is 303 g/mol. The van der Waals surface area contributed by atoms with Crippen LogP contribution in [0.15, 0.2) is 42.5 Å². The van der Waals surface area contributed by atoms with Crippen molar-refractivity contribution in [2.45, 2.75) is 51.3 Å². The number of benzene rings is 1. The van der Waals surface area contributed by atoms with Gasteiger partial charge in [-0.25, -0.2) is 4.79 Å². The maximum Gasteiger partial charge on any atom is 0.410 e. The zero-order valence-corrected chi connectivity index (χ0v) is 13.1. The number of ether oxygens (including phenoxy) is 1. The van der Waals surface area contributed by atoms with Crippen molar-refractivity contribution in [3.8, 4) is 0 Å². The quantitative estimate of drug-likeness (QED) is 0.847. The second kappa shape index (κ2) is 8.59. The molecule has 1 aromatic rings. The number of aliphatic hydroxyl groups is 1. The van der Waals surface area contributed by atoms with E-state index in [1.807, 2.05) is 54.3 Å². The molecule has 1 aliphatic rings. The predicted octanol–water partition coefficient (Wildman–Crippen LogP) is 3.50. The fourth-order valence-corrected chi connectivity index (χ4v) is 3.03. The third-order valence-electron chi connectivity index (χ3n) is 4.08. The lowest BCUT2D eigenvalue weighted by atomic mass is 9.94. The van der Waals surface area contributed by atoms with Gasteiger partial charge in [-0.05, 0) is 38.2 Å². The lowest BCUT2D eigenvalue weighted by molar-refractivity contribution is 0.0457. The maximum atomic E-state index is 12.5. The second-order valence-electron chi connectivity index (χ2n) is 5.64. The third kappa shape index (κ3) is 4.34. The van der Waals surface area contributed by atoms with E-state index in [0.717, 1.165) is 24.8 Å². The molecule has 0 radical (unpaired) electrons. The lowest BCUT2D eigenvalue weighted by Crippen LogP contribution is -2.49. The second-order valence-corrected chi connectivity index (χ2v) is 5.64. The Morgan fingerprint density at radius 2 is 2.14 bits per heavy atom. The number of amides is 1. The molecule has 2 atom stereocenters. The van der Waals surface area contributed by atoms with Crippen LogP contribution in [0.3, 0.4) is 0 Å². The van der Waals surface area contributed by atoms with Gasteiger partial charge in [-0.15, -0.1) is 0 Å². The number of carbonyl (C=O) groups is 1. The summed E-state index contributed by atoms with van der Waals surface area (Å²) in [4.78, 5) is 14.3. The van der Waals surface area contributed by atoms with E-state index in [9.17, 15) is 9.90 Å². The van der Waals surface area contributed by atoms with E-state index < -0.39 is 0 Å². The lowest BCUT2D eigenvalue weighted by Gasteiger charge is -2.40. The summed E-state index contributed by atoms with van der Waals surface area (Å²) in [6.45, 7) is 2.34. The van der Waals surface area contributed by atoms with Crippen LogP contribution < -0.4 is 0 Å². The van der Waals surface area contributed by atoms with Crippen LogP contribution in [0, 0.1) is 0 Å². The van der Waals surface area contributed by atoms with Crippen LogP contribution in [0.1, 0.15) is 38.2 Å². The van der Waals surface area contributed by atoms with E-state index in [4.69, 9.17) is 4.74 Å². The molecule has 0 aromatic heterocycles. The van der Waals surface area contributed by atoms with Gasteiger partial charge in [0.15, 0.2) is 0 Å². The van der Waals surface area contributed by atoms with Crippen molar-refractivity contribution in [1.82, 2.24) is 4.90 Å². The summed E-state index contributed by atoms with van der Waals surface area (Å²) in [5.74, 6) is 0. The molecule has 22 heavy (non-hydrogen) atoms. The molecule has 0 saturated carbocycles. The minimum Gasteiger partial charge on any atom is -0.445 e. The zero-order valence-electron chi connectivity index (χ0n) is 13.1. The Labute approximate surface area is 132 Å². The highest BCUT2D eigenvalue weighted by Gasteiger charge is 2.33. The van der Waals surface area contributed by atoms with E-state index in [2.05, 4.69) is 0 Å². The fourth-order valence-electron chi connectivity index (χ4n) is 3.03. The van der Waals surface area contributed by atoms with Crippen molar-refractivity contribution < 1.29 is 14.6 Å². The Morgan fingerprint density at radius 1 is 1.36 bits per heavy atom. The zero-order chi connectivity index (χ0) is 15.8. The summed E-state index contributed by atoms with van der Waals surface area (Å²) in [7, 11) is 0. The van der Waals surface area contributed by atoms with E-state index in [-0.39, 0.29) is 31.4 Å². The Morgan fingerprint density at radius 3 is 2.82 bits per heavy atom. The van der Waals surface area contributed by atoms with Crippen LogP contribution in [-0.4, -0.2) is 34.8 Å². The van der Waals surface area contributed by atoms with Crippen molar-refractivity contribution in [2.75, 3.05) is 6.61 Å². The molecule has 1 N–H and O–H groups in total. The van der Waals surface area contributed by atoms with Crippen LogP contribution in [0.4, 0.5) is 4.79 Å². The molecule has 4 nitrogen and oxygen atoms in total. The Kier molecular flexibility index (Phi) is 6.46. The first-order valence-corrected chi connectivity index (χ1v) is 7.99. The number of carbonyl (C=O) groups excluding carboxylic acids is 1. The highest BCUT2D eigenvalue weighted by atomic mass is 16.6. The third-order valence-corrected chi connectivity index (χ3v) is 4.08. The summed E-state index contributed by atoms with van der Waals surface area (Å²) in [5.41, 5.74) is 0.981. The SMILES string of the molecule is C/C=C\[C@@H]1CCC[C@H](CCO)N1C(=O)OCc1ccccc1. The van der Waals surface area contributed by atoms with Gasteiger partial charge in [-0.3, -0.25) is 4.90 Å². The highest BCUT2D eigenvalue weighted by Crippen LogP contribution is 2.27. The van der Waals surface area contributed by atoms with E-state index in [1.165, 1.54) is 0 Å². The molecule has 0 unspecified atom stereocenters. The standard InChI is InChI=1S/C18H25NO3/c1-2-7-16-10-6-11-17(12-13-20)19(16)18(21)22-14-15-8-4-3-5-9-15/h2-5,7-9,16-17,20H,6,10-14H2,1H3/b7-2-/t16-,17-/m1/s1. The molecule has 1 amide bonds. The van der Waals surface area contributed by atoms with Crippen molar-refractivity contribution in [3.63, 3.8) is 0 Å². The summed E-state index contributed by atoms with van der Waals surface area (Å²) < 4.78 is 5.49. The van der Waals surface area contributed by atoms with Crippen LogP contribution in [0.5, 0.6) is 0 Å². The monoisotopic (exact) mass is 303 g/mol. The van der Waals surface area contributed by atoms with Crippen LogP contribution >= 0.6 is 0 Å². The molecular weight excluding hydrogens is 278 g/mol. The number of likely N-dealkylation sites (tertiary alicyclic amines) is 1. The molecular formula is C18H25NO3. The topological polar surface area (TPSA) is 49.8 Å². The first-order chi connectivity index (χ1) is 10.8. The summed E-state index contributed by atoms with van der Waals surface area (Å²) >= 11 is 0. The van der Waals surface area contributed by atoms with Crippen molar-refractivity contribution >= 4 is 6.09 Å². The van der Waals surface area contributed by atoms with E-state index >= 15 is 0 Å². The summed E-state index contributed by atoms with van der Waals surface area (Å²) in [6.07, 6.45) is 7.29. The number of piperidine rings is 1. The maximum absolute atomic E-state index is 12.5. The number of allylic oxidation sites excluding steroid dienone is 1. The van der Waals surface area contributed by atoms with Gasteiger partial charge in [0.05, 0.1) is 6.04 Å². The molecule has 1 heterocycles. The fraction of sp³-hybridized carbons (Fsp3) is 0.500. The van der Waals surface area contributed by atoms with Crippen molar-refractivity contribution in [2.24, 2.45) is 0 Å². The predicted molar refractivity (Wildman–Crippen MR) is 86.4 cm³/mol. The molecule has 2 rings (SSSR count). The molecule has 1 aromatic carbocycles. The molecule has 1 fully saturated rings. The van der Waals surface area contributed by atoms with Gasteiger partial charge in [0.25, 0.3) is 0 Å². The summed E-state index contributed by atoms with van der Waals surface area (Å²) in [6, 6.07) is 9.82. The molecule has 1 aliphatic heterocycles. The highest BCUT2D eigenvalue weighted by molar-refractivity contribution is 5.69. The van der Waals surface area contributed by atoms with Gasteiger partial charge in [0.2, 0.25) is 0 Å². The van der Waals surface area contributed by atoms with E-state index in [1.54, 1.807) is 0 Å². The minimum absolute atomic E-state index is 0.0585. The molecule has 4 heteroatoms. The molecule has 0 bridgehead atoms. The van der Waals surface area contributed by atoms with Gasteiger partial charge < -0.3 is 9.84 Å². The van der Waals surface area contributed by atoms with Crippen LogP contribution in [0.25, 0.3) is 0 Å². The molecule has 120 valence electrons. The normalized spacial score (nSPS) is 22.0. The largest absolute Gasteiger partial charge is 0.445 e. The van der Waals surface area contributed by atoms with Gasteiger partial charge in [-0.1, -0.05) is 42.5 Å². The average Bonchev–Trinajstić information content (AvgIpc) is 2.54. The Balaban J connectivity index is 2.03. The van der Waals surface area contributed by atoms with E-state index in [0.29, 0.717) is 6.42 Å². The number of hydrogen-bond acceptors (Lipinski definition) is 3. The van der Waals surface area contributed by atoms with Crippen LogP contribution in [0.2, 0.25) is 0 Å². The van der Waals surface area contributed by atoms with Gasteiger partial charge >= 0.3 is 6.09 Å². The van der Waals surface area contributed by atoms with Gasteiger partial charge in [0, 0.05) is 12.6 Å². The number of rotatable bonds is 5. The first kappa shape index (κ1) is 16.6. The van der Waals surface area contributed by atoms with Gasteiger partial charge in [0.1, 0.15) is 6.61 Å². The molecule has 0 aliphatic carbocycles. The minimum atomic E-state index is -0.287. The molecule has 0 spiro atoms. The Hall–Kier alpha value is -1.81. The molecule has 1 saturated heterocycles. The summed E-state index contributed by atoms with van der Waals surface area (Å²) in [5, 5.41) is 9.25. The number of aliphatic hydroxyl groups excluding tert-OH is 1. The first-order valence-electron chi connectivity index (χ1n) is 7.99.